The topological polar surface area (TPSA) is 66.6 Å². The lowest BCUT2D eigenvalue weighted by molar-refractivity contribution is 0.0992. The molecule has 3 rings (SSSR count). The fourth-order valence-corrected chi connectivity index (χ4v) is 4.09. The predicted octanol–water partition coefficient (Wildman–Crippen LogP) is 2.37. The highest BCUT2D eigenvalue weighted by atomic mass is 32.1. The van der Waals surface area contributed by atoms with Crippen LogP contribution in [0.15, 0.2) is 0 Å². The molecular formula is C14H20N2O2S. The molecule has 1 atom stereocenters. The zero-order chi connectivity index (χ0) is 13.6. The van der Waals surface area contributed by atoms with Gasteiger partial charge in [0.15, 0.2) is 5.78 Å². The number of nitrogen functional groups attached to an aromatic ring is 1. The summed E-state index contributed by atoms with van der Waals surface area (Å²) in [5, 5.41) is 10.8. The third-order valence-electron chi connectivity index (χ3n) is 3.97. The van der Waals surface area contributed by atoms with E-state index in [4.69, 9.17) is 5.73 Å². The summed E-state index contributed by atoms with van der Waals surface area (Å²) in [6.45, 7) is 3.40. The van der Waals surface area contributed by atoms with E-state index in [-0.39, 0.29) is 11.9 Å². The summed E-state index contributed by atoms with van der Waals surface area (Å²) >= 11 is 1.53. The monoisotopic (exact) mass is 280 g/mol. The van der Waals surface area contributed by atoms with E-state index < -0.39 is 0 Å². The van der Waals surface area contributed by atoms with Crippen LogP contribution in [0.25, 0.3) is 0 Å². The molecule has 3 N–H and O–H groups in total. The molecule has 2 fully saturated rings. The number of carbonyl (C=O) groups is 1. The second kappa shape index (κ2) is 4.80. The van der Waals surface area contributed by atoms with Gasteiger partial charge in [-0.1, -0.05) is 6.92 Å². The van der Waals surface area contributed by atoms with Crippen LogP contribution < -0.4 is 10.6 Å². The van der Waals surface area contributed by atoms with Gasteiger partial charge < -0.3 is 15.7 Å². The Morgan fingerprint density at radius 3 is 2.74 bits per heavy atom. The molecule has 0 bridgehead atoms. The van der Waals surface area contributed by atoms with Gasteiger partial charge in [0.2, 0.25) is 0 Å². The maximum atomic E-state index is 12.0. The molecule has 1 saturated heterocycles. The molecule has 0 radical (unpaired) electrons. The summed E-state index contributed by atoms with van der Waals surface area (Å²) in [5.74, 6) is 0.665. The maximum Gasteiger partial charge on any atom is 0.174 e. The minimum atomic E-state index is -0.249. The fourth-order valence-electron chi connectivity index (χ4n) is 2.74. The molecule has 104 valence electrons. The molecule has 0 spiro atoms. The molecular weight excluding hydrogens is 260 g/mol. The van der Waals surface area contributed by atoms with Crippen molar-refractivity contribution in [1.82, 2.24) is 0 Å². The van der Waals surface area contributed by atoms with Crippen LogP contribution in [0.2, 0.25) is 0 Å². The zero-order valence-corrected chi connectivity index (χ0v) is 12.0. The first-order valence-corrected chi connectivity index (χ1v) is 7.81. The molecule has 1 aromatic heterocycles. The smallest absolute Gasteiger partial charge is 0.174 e. The number of hydrogen-bond acceptors (Lipinski definition) is 5. The quantitative estimate of drug-likeness (QED) is 0.831. The highest BCUT2D eigenvalue weighted by Crippen LogP contribution is 2.52. The van der Waals surface area contributed by atoms with Crippen molar-refractivity contribution >= 4 is 27.8 Å². The van der Waals surface area contributed by atoms with Crippen molar-refractivity contribution < 1.29 is 9.90 Å². The second-order valence-corrected chi connectivity index (χ2v) is 6.50. The number of ketones is 1. The first-order chi connectivity index (χ1) is 9.11. The van der Waals surface area contributed by atoms with E-state index in [0.717, 1.165) is 22.8 Å². The number of hydrogen-bond donors (Lipinski definition) is 2. The van der Waals surface area contributed by atoms with Gasteiger partial charge >= 0.3 is 0 Å². The van der Waals surface area contributed by atoms with Gasteiger partial charge in [0.05, 0.1) is 21.7 Å². The van der Waals surface area contributed by atoms with Gasteiger partial charge in [0.25, 0.3) is 0 Å². The number of aliphatic hydroxyl groups excluding tert-OH is 1. The standard InChI is InChI=1S/C14H20N2O2S/c1-2-10(18)13-12(15)11(8-3-4-8)14(19-13)16-6-5-9(17)7-16/h8-9,17H,2-7,15H2,1H3. The average molecular weight is 280 g/mol. The van der Waals surface area contributed by atoms with Crippen molar-refractivity contribution in [2.45, 2.75) is 44.6 Å². The van der Waals surface area contributed by atoms with Crippen LogP contribution >= 0.6 is 11.3 Å². The Morgan fingerprint density at radius 1 is 1.47 bits per heavy atom. The first-order valence-electron chi connectivity index (χ1n) is 7.00. The van der Waals surface area contributed by atoms with Crippen LogP contribution in [-0.4, -0.2) is 30.1 Å². The van der Waals surface area contributed by atoms with E-state index in [1.54, 1.807) is 0 Å². The summed E-state index contributed by atoms with van der Waals surface area (Å²) in [6.07, 6.45) is 3.39. The summed E-state index contributed by atoms with van der Waals surface area (Å²) < 4.78 is 0. The molecule has 1 aliphatic carbocycles. The normalized spacial score (nSPS) is 23.1. The van der Waals surface area contributed by atoms with Gasteiger partial charge in [-0.3, -0.25) is 4.79 Å². The highest BCUT2D eigenvalue weighted by molar-refractivity contribution is 7.19. The molecule has 2 heterocycles. The van der Waals surface area contributed by atoms with E-state index in [1.807, 2.05) is 6.92 Å². The van der Waals surface area contributed by atoms with Crippen molar-refractivity contribution in [3.63, 3.8) is 0 Å². The molecule has 19 heavy (non-hydrogen) atoms. The lowest BCUT2D eigenvalue weighted by Gasteiger charge is -2.17. The van der Waals surface area contributed by atoms with Crippen molar-refractivity contribution in [2.24, 2.45) is 0 Å². The molecule has 5 heteroatoms. The first kappa shape index (κ1) is 12.9. The van der Waals surface area contributed by atoms with E-state index in [9.17, 15) is 9.90 Å². The van der Waals surface area contributed by atoms with Crippen LogP contribution in [-0.2, 0) is 0 Å². The Morgan fingerprint density at radius 2 is 2.21 bits per heavy atom. The van der Waals surface area contributed by atoms with Gasteiger partial charge in [-0.15, -0.1) is 11.3 Å². The Kier molecular flexibility index (Phi) is 3.27. The second-order valence-electron chi connectivity index (χ2n) is 5.50. The summed E-state index contributed by atoms with van der Waals surface area (Å²) in [7, 11) is 0. The van der Waals surface area contributed by atoms with Gasteiger partial charge in [-0.2, -0.15) is 0 Å². The van der Waals surface area contributed by atoms with E-state index in [2.05, 4.69) is 4.90 Å². The van der Waals surface area contributed by atoms with E-state index in [1.165, 1.54) is 29.7 Å². The van der Waals surface area contributed by atoms with Gasteiger partial charge in [0, 0.05) is 25.1 Å². The maximum absolute atomic E-state index is 12.0. The van der Waals surface area contributed by atoms with E-state index in [0.29, 0.717) is 24.6 Å². The molecule has 4 nitrogen and oxygen atoms in total. The third-order valence-corrected chi connectivity index (χ3v) is 5.30. The van der Waals surface area contributed by atoms with Crippen molar-refractivity contribution in [1.29, 1.82) is 0 Å². The molecule has 1 aromatic rings. The number of thiophene rings is 1. The number of β-amino-alcohol motifs (C(OH)–C–C–N with tert-alkyl or cyclic N) is 1. The summed E-state index contributed by atoms with van der Waals surface area (Å²) in [4.78, 5) is 14.9. The Hall–Kier alpha value is -1.07. The number of aliphatic hydroxyl groups is 1. The number of nitrogens with two attached hydrogens (primary N) is 1. The molecule has 1 saturated carbocycles. The largest absolute Gasteiger partial charge is 0.397 e. The van der Waals surface area contributed by atoms with Gasteiger partial charge in [0.1, 0.15) is 0 Å². The number of carbonyl (C=O) groups excluding carboxylic acids is 1. The Balaban J connectivity index is 2.00. The molecule has 1 unspecified atom stereocenters. The molecule has 1 aliphatic heterocycles. The zero-order valence-electron chi connectivity index (χ0n) is 11.2. The number of nitrogens with zero attached hydrogens (tertiary/aromatic N) is 1. The van der Waals surface area contributed by atoms with Gasteiger partial charge in [-0.05, 0) is 25.2 Å². The fraction of sp³-hybridized carbons (Fsp3) is 0.643. The lowest BCUT2D eigenvalue weighted by Crippen LogP contribution is -2.21. The number of anilines is 2. The molecule has 2 aliphatic rings. The average Bonchev–Trinajstić information content (AvgIpc) is 3.05. The SMILES string of the molecule is CCC(=O)c1sc(N2CCC(O)C2)c(C2CC2)c1N. The Labute approximate surface area is 117 Å². The van der Waals surface area contributed by atoms with Crippen molar-refractivity contribution in [2.75, 3.05) is 23.7 Å². The minimum absolute atomic E-state index is 0.135. The van der Waals surface area contributed by atoms with Crippen molar-refractivity contribution in [3.8, 4) is 0 Å². The van der Waals surface area contributed by atoms with Crippen molar-refractivity contribution in [3.05, 3.63) is 10.4 Å². The molecule has 0 amide bonds. The Bertz CT molecular complexity index is 508. The van der Waals surface area contributed by atoms with Crippen LogP contribution in [0.3, 0.4) is 0 Å². The number of rotatable bonds is 4. The van der Waals surface area contributed by atoms with E-state index >= 15 is 0 Å². The summed E-state index contributed by atoms with van der Waals surface area (Å²) in [6, 6.07) is 0. The van der Waals surface area contributed by atoms with Crippen LogP contribution in [0.5, 0.6) is 0 Å². The highest BCUT2D eigenvalue weighted by Gasteiger charge is 2.35. The van der Waals surface area contributed by atoms with Crippen LogP contribution in [0, 0.1) is 0 Å². The van der Waals surface area contributed by atoms with Crippen LogP contribution in [0.1, 0.15) is 53.8 Å². The summed E-state index contributed by atoms with van der Waals surface area (Å²) in [5.41, 5.74) is 8.11. The predicted molar refractivity (Wildman–Crippen MR) is 78.2 cm³/mol. The van der Waals surface area contributed by atoms with Crippen LogP contribution in [0.4, 0.5) is 10.7 Å². The molecule has 0 aromatic carbocycles. The van der Waals surface area contributed by atoms with Gasteiger partial charge in [-0.25, -0.2) is 0 Å². The lowest BCUT2D eigenvalue weighted by atomic mass is 10.1. The third kappa shape index (κ3) is 2.25. The minimum Gasteiger partial charge on any atom is -0.397 e. The number of Topliss-reactive ketones (excluding diaryl/α,β-unsaturated/α-hetero) is 1.